The van der Waals surface area contributed by atoms with Crippen LogP contribution in [0.25, 0.3) is 11.1 Å². The smallest absolute Gasteiger partial charge is 0.251 e. The Kier molecular flexibility index (Phi) is 3.10. The first kappa shape index (κ1) is 11.2. The van der Waals surface area contributed by atoms with Crippen LogP contribution in [0, 0.1) is 0 Å². The topological polar surface area (TPSA) is 55.1 Å². The summed E-state index contributed by atoms with van der Waals surface area (Å²) in [5.41, 5.74) is 8.89. The number of nitrogen functional groups attached to an aromatic ring is 1. The molecule has 0 fully saturated rings. The van der Waals surface area contributed by atoms with Gasteiger partial charge in [-0.1, -0.05) is 30.3 Å². The molecule has 0 aliphatic heterocycles. The summed E-state index contributed by atoms with van der Waals surface area (Å²) in [7, 11) is 1.62. The van der Waals surface area contributed by atoms with Gasteiger partial charge in [-0.3, -0.25) is 4.79 Å². The average molecular weight is 226 g/mol. The first-order chi connectivity index (χ1) is 8.22. The van der Waals surface area contributed by atoms with Crippen molar-refractivity contribution >= 4 is 11.6 Å². The molecule has 0 aromatic heterocycles. The third-order valence-corrected chi connectivity index (χ3v) is 2.60. The van der Waals surface area contributed by atoms with E-state index in [0.29, 0.717) is 11.3 Å². The van der Waals surface area contributed by atoms with E-state index < -0.39 is 0 Å². The van der Waals surface area contributed by atoms with E-state index in [2.05, 4.69) is 5.32 Å². The van der Waals surface area contributed by atoms with Gasteiger partial charge in [0, 0.05) is 18.3 Å². The molecule has 3 heteroatoms. The van der Waals surface area contributed by atoms with Crippen molar-refractivity contribution in [2.75, 3.05) is 12.8 Å². The predicted octanol–water partition coefficient (Wildman–Crippen LogP) is 2.30. The number of carbonyl (C=O) groups is 1. The molecule has 1 amide bonds. The first-order valence-corrected chi connectivity index (χ1v) is 5.39. The van der Waals surface area contributed by atoms with Crippen LogP contribution in [-0.4, -0.2) is 13.0 Å². The Morgan fingerprint density at radius 1 is 1.12 bits per heavy atom. The Bertz CT molecular complexity index is 535. The van der Waals surface area contributed by atoms with Gasteiger partial charge < -0.3 is 11.1 Å². The summed E-state index contributed by atoms with van der Waals surface area (Å²) in [5, 5.41) is 2.63. The summed E-state index contributed by atoms with van der Waals surface area (Å²) in [5.74, 6) is -0.108. The van der Waals surface area contributed by atoms with Crippen molar-refractivity contribution in [3.8, 4) is 11.1 Å². The highest BCUT2D eigenvalue weighted by atomic mass is 16.1. The lowest BCUT2D eigenvalue weighted by atomic mass is 9.98. The molecule has 0 saturated heterocycles. The van der Waals surface area contributed by atoms with Crippen LogP contribution in [0.15, 0.2) is 48.5 Å². The number of benzene rings is 2. The van der Waals surface area contributed by atoms with Gasteiger partial charge in [0.15, 0.2) is 0 Å². The molecule has 2 rings (SSSR count). The van der Waals surface area contributed by atoms with Crippen LogP contribution in [-0.2, 0) is 0 Å². The normalized spacial score (nSPS) is 9.94. The zero-order valence-electron chi connectivity index (χ0n) is 9.60. The number of rotatable bonds is 2. The number of hydrogen-bond donors (Lipinski definition) is 2. The molecule has 3 nitrogen and oxygen atoms in total. The fourth-order valence-corrected chi connectivity index (χ4v) is 1.75. The second kappa shape index (κ2) is 4.70. The summed E-state index contributed by atoms with van der Waals surface area (Å²) in [6.45, 7) is 0. The van der Waals surface area contributed by atoms with Gasteiger partial charge in [-0.25, -0.2) is 0 Å². The first-order valence-electron chi connectivity index (χ1n) is 5.39. The molecule has 0 spiro atoms. The van der Waals surface area contributed by atoms with Crippen LogP contribution in [0.5, 0.6) is 0 Å². The fourth-order valence-electron chi connectivity index (χ4n) is 1.75. The molecular formula is C14H14N2O. The van der Waals surface area contributed by atoms with Crippen molar-refractivity contribution in [2.45, 2.75) is 0 Å². The van der Waals surface area contributed by atoms with E-state index in [9.17, 15) is 4.79 Å². The molecule has 0 unspecified atom stereocenters. The van der Waals surface area contributed by atoms with E-state index in [-0.39, 0.29) is 5.91 Å². The molecule has 0 aliphatic rings. The number of carbonyl (C=O) groups excluding carboxylic acids is 1. The molecular weight excluding hydrogens is 212 g/mol. The second-order valence-corrected chi connectivity index (χ2v) is 3.75. The SMILES string of the molecule is CNC(=O)c1ccc(N)cc1-c1ccccc1. The monoisotopic (exact) mass is 226 g/mol. The van der Waals surface area contributed by atoms with Gasteiger partial charge in [-0.2, -0.15) is 0 Å². The third-order valence-electron chi connectivity index (χ3n) is 2.60. The largest absolute Gasteiger partial charge is 0.399 e. The van der Waals surface area contributed by atoms with Crippen molar-refractivity contribution in [2.24, 2.45) is 0 Å². The molecule has 0 heterocycles. The number of anilines is 1. The van der Waals surface area contributed by atoms with Crippen molar-refractivity contribution in [1.82, 2.24) is 5.32 Å². The molecule has 2 aromatic rings. The molecule has 0 aliphatic carbocycles. The second-order valence-electron chi connectivity index (χ2n) is 3.75. The summed E-state index contributed by atoms with van der Waals surface area (Å²) in [6, 6.07) is 15.0. The highest BCUT2D eigenvalue weighted by molar-refractivity contribution is 6.01. The lowest BCUT2D eigenvalue weighted by molar-refractivity contribution is 0.0964. The van der Waals surface area contributed by atoms with Crippen molar-refractivity contribution in [1.29, 1.82) is 0 Å². The van der Waals surface area contributed by atoms with E-state index in [1.165, 1.54) is 0 Å². The Morgan fingerprint density at radius 3 is 2.47 bits per heavy atom. The van der Waals surface area contributed by atoms with Crippen molar-refractivity contribution in [3.05, 3.63) is 54.1 Å². The Labute approximate surface area is 100 Å². The molecule has 3 N–H and O–H groups in total. The molecule has 0 saturated carbocycles. The lowest BCUT2D eigenvalue weighted by Gasteiger charge is -2.09. The van der Waals surface area contributed by atoms with Gasteiger partial charge in [-0.05, 0) is 29.3 Å². The van der Waals surface area contributed by atoms with E-state index in [0.717, 1.165) is 11.1 Å². The number of amides is 1. The molecule has 0 radical (unpaired) electrons. The van der Waals surface area contributed by atoms with Gasteiger partial charge in [0.1, 0.15) is 0 Å². The summed E-state index contributed by atoms with van der Waals surface area (Å²) in [4.78, 5) is 11.8. The maximum atomic E-state index is 11.8. The van der Waals surface area contributed by atoms with Crippen LogP contribution in [0.4, 0.5) is 5.69 Å². The minimum atomic E-state index is -0.108. The van der Waals surface area contributed by atoms with Crippen LogP contribution in [0.3, 0.4) is 0 Å². The van der Waals surface area contributed by atoms with Crippen LogP contribution < -0.4 is 11.1 Å². The fraction of sp³-hybridized carbons (Fsp3) is 0.0714. The minimum Gasteiger partial charge on any atom is -0.399 e. The highest BCUT2D eigenvalue weighted by Crippen LogP contribution is 2.25. The maximum absolute atomic E-state index is 11.8. The minimum absolute atomic E-state index is 0.108. The molecule has 86 valence electrons. The van der Waals surface area contributed by atoms with Crippen molar-refractivity contribution in [3.63, 3.8) is 0 Å². The number of nitrogens with two attached hydrogens (primary N) is 1. The zero-order valence-corrected chi connectivity index (χ0v) is 9.60. The lowest BCUT2D eigenvalue weighted by Crippen LogP contribution is -2.18. The van der Waals surface area contributed by atoms with Gasteiger partial charge in [0.2, 0.25) is 0 Å². The van der Waals surface area contributed by atoms with Crippen LogP contribution >= 0.6 is 0 Å². The molecule has 2 aromatic carbocycles. The van der Waals surface area contributed by atoms with E-state index in [1.54, 1.807) is 19.2 Å². The number of nitrogens with one attached hydrogen (secondary N) is 1. The van der Waals surface area contributed by atoms with Crippen molar-refractivity contribution < 1.29 is 4.79 Å². The molecule has 17 heavy (non-hydrogen) atoms. The Balaban J connectivity index is 2.59. The zero-order chi connectivity index (χ0) is 12.3. The summed E-state index contributed by atoms with van der Waals surface area (Å²) in [6.07, 6.45) is 0. The van der Waals surface area contributed by atoms with E-state index in [1.807, 2.05) is 36.4 Å². The summed E-state index contributed by atoms with van der Waals surface area (Å²) >= 11 is 0. The quantitative estimate of drug-likeness (QED) is 0.772. The average Bonchev–Trinajstić information content (AvgIpc) is 2.39. The summed E-state index contributed by atoms with van der Waals surface area (Å²) < 4.78 is 0. The number of hydrogen-bond acceptors (Lipinski definition) is 2. The Hall–Kier alpha value is -2.29. The van der Waals surface area contributed by atoms with Crippen LogP contribution in [0.2, 0.25) is 0 Å². The van der Waals surface area contributed by atoms with E-state index >= 15 is 0 Å². The van der Waals surface area contributed by atoms with Gasteiger partial charge in [0.25, 0.3) is 5.91 Å². The van der Waals surface area contributed by atoms with Gasteiger partial charge in [0.05, 0.1) is 0 Å². The maximum Gasteiger partial charge on any atom is 0.251 e. The molecule has 0 atom stereocenters. The van der Waals surface area contributed by atoms with E-state index in [4.69, 9.17) is 5.73 Å². The van der Waals surface area contributed by atoms with Gasteiger partial charge >= 0.3 is 0 Å². The van der Waals surface area contributed by atoms with Gasteiger partial charge in [-0.15, -0.1) is 0 Å². The third kappa shape index (κ3) is 2.28. The molecule has 0 bridgehead atoms. The predicted molar refractivity (Wildman–Crippen MR) is 69.7 cm³/mol. The standard InChI is InChI=1S/C14H14N2O/c1-16-14(17)12-8-7-11(15)9-13(12)10-5-3-2-4-6-10/h2-9H,15H2,1H3,(H,16,17). The Morgan fingerprint density at radius 2 is 1.82 bits per heavy atom. The van der Waals surface area contributed by atoms with Crippen LogP contribution in [0.1, 0.15) is 10.4 Å². The highest BCUT2D eigenvalue weighted by Gasteiger charge is 2.11.